The molecule has 1 aliphatic carbocycles. The third kappa shape index (κ3) is 5.03. The SMILES string of the molecule is C1=Cc2cccc(N(c3ccccc3-c3ccc(-c4ccccc4)cc3)c3ccccc3-c3cccc4c3oc3c5ccccc5ccc43)c2CC1. The van der Waals surface area contributed by atoms with Crippen LogP contribution in [-0.2, 0) is 6.42 Å². The van der Waals surface area contributed by atoms with Crippen molar-refractivity contribution < 1.29 is 4.42 Å². The molecule has 8 aromatic carbocycles. The number of allylic oxidation sites excluding steroid dienone is 1. The van der Waals surface area contributed by atoms with Crippen LogP contribution in [0.5, 0.6) is 0 Å². The van der Waals surface area contributed by atoms with Crippen LogP contribution in [0, 0.1) is 0 Å². The molecular weight excluding hydrogens is 631 g/mol. The predicted octanol–water partition coefficient (Wildman–Crippen LogP) is 14.2. The van der Waals surface area contributed by atoms with Gasteiger partial charge in [-0.3, -0.25) is 0 Å². The topological polar surface area (TPSA) is 16.4 Å². The number of nitrogens with zero attached hydrogens (tertiary/aromatic N) is 1. The quantitative estimate of drug-likeness (QED) is 0.176. The Bertz CT molecular complexity index is 2790. The van der Waals surface area contributed by atoms with Crippen LogP contribution < -0.4 is 4.90 Å². The molecule has 2 nitrogen and oxygen atoms in total. The standard InChI is InChI=1S/C50H35NO/c1-2-14-34(15-3-1)35-28-30-38(31-29-35)40-20-8-10-25-46(40)51(47-27-12-18-36-16-4-6-19-39(36)47)48-26-11-9-22-42(48)43-23-13-24-44-45-33-32-37-17-5-7-21-41(37)49(45)52-50(43)44/h1-5,7-18,20-33H,6,19H2. The second-order valence-corrected chi connectivity index (χ2v) is 13.5. The first-order valence-corrected chi connectivity index (χ1v) is 18.1. The van der Waals surface area contributed by atoms with Crippen molar-refractivity contribution >= 4 is 55.8 Å². The number of rotatable bonds is 6. The summed E-state index contributed by atoms with van der Waals surface area (Å²) in [6.45, 7) is 0. The summed E-state index contributed by atoms with van der Waals surface area (Å²) in [6, 6.07) is 63.4. The molecule has 0 N–H and O–H groups in total. The Kier molecular flexibility index (Phi) is 7.32. The number of furan rings is 1. The number of anilines is 3. The van der Waals surface area contributed by atoms with E-state index in [0.29, 0.717) is 0 Å². The highest BCUT2D eigenvalue weighted by Gasteiger charge is 2.25. The fraction of sp³-hybridized carbons (Fsp3) is 0.0400. The Morgan fingerprint density at radius 2 is 1.02 bits per heavy atom. The van der Waals surface area contributed by atoms with Crippen LogP contribution in [-0.4, -0.2) is 0 Å². The normalized spacial score (nSPS) is 12.4. The van der Waals surface area contributed by atoms with Gasteiger partial charge in [0.2, 0.25) is 0 Å². The molecule has 0 unspecified atom stereocenters. The third-order valence-corrected chi connectivity index (χ3v) is 10.6. The number of fused-ring (bicyclic) bond motifs is 6. The Labute approximate surface area is 303 Å². The van der Waals surface area contributed by atoms with Crippen LogP contribution in [0.25, 0.3) is 72.2 Å². The monoisotopic (exact) mass is 665 g/mol. The maximum Gasteiger partial charge on any atom is 0.143 e. The van der Waals surface area contributed by atoms with Gasteiger partial charge in [0.05, 0.1) is 11.4 Å². The predicted molar refractivity (Wildman–Crippen MR) is 220 cm³/mol. The molecule has 0 atom stereocenters. The summed E-state index contributed by atoms with van der Waals surface area (Å²) >= 11 is 0. The van der Waals surface area contributed by atoms with E-state index < -0.39 is 0 Å². The molecule has 0 fully saturated rings. The van der Waals surface area contributed by atoms with Crippen LogP contribution in [0.4, 0.5) is 17.1 Å². The molecule has 246 valence electrons. The van der Waals surface area contributed by atoms with Crippen molar-refractivity contribution in [3.05, 3.63) is 193 Å². The highest BCUT2D eigenvalue weighted by molar-refractivity contribution is 6.17. The van der Waals surface area contributed by atoms with Crippen LogP contribution in [0.1, 0.15) is 17.5 Å². The van der Waals surface area contributed by atoms with E-state index >= 15 is 0 Å². The Morgan fingerprint density at radius 1 is 0.404 bits per heavy atom. The Balaban J connectivity index is 1.21. The van der Waals surface area contributed by atoms with E-state index in [-0.39, 0.29) is 0 Å². The molecule has 10 rings (SSSR count). The summed E-state index contributed by atoms with van der Waals surface area (Å²) in [6.07, 6.45) is 6.58. The van der Waals surface area contributed by atoms with Gasteiger partial charge < -0.3 is 9.32 Å². The zero-order valence-electron chi connectivity index (χ0n) is 28.7. The fourth-order valence-electron chi connectivity index (χ4n) is 8.08. The van der Waals surface area contributed by atoms with Gasteiger partial charge in [-0.1, -0.05) is 164 Å². The van der Waals surface area contributed by atoms with Crippen molar-refractivity contribution in [2.45, 2.75) is 12.8 Å². The van der Waals surface area contributed by atoms with Gasteiger partial charge in [-0.25, -0.2) is 0 Å². The van der Waals surface area contributed by atoms with Crippen molar-refractivity contribution in [1.82, 2.24) is 0 Å². The number of para-hydroxylation sites is 3. The van der Waals surface area contributed by atoms with Gasteiger partial charge in [-0.2, -0.15) is 0 Å². The second-order valence-electron chi connectivity index (χ2n) is 13.5. The van der Waals surface area contributed by atoms with Crippen LogP contribution >= 0.6 is 0 Å². The van der Waals surface area contributed by atoms with Gasteiger partial charge in [-0.05, 0) is 70.3 Å². The Hall–Kier alpha value is -6.64. The zero-order chi connectivity index (χ0) is 34.4. The molecular formula is C50H35NO. The molecule has 0 aliphatic heterocycles. The van der Waals surface area contributed by atoms with E-state index in [9.17, 15) is 0 Å². The van der Waals surface area contributed by atoms with Crippen molar-refractivity contribution in [3.8, 4) is 33.4 Å². The van der Waals surface area contributed by atoms with E-state index in [4.69, 9.17) is 4.42 Å². The molecule has 1 aliphatic rings. The lowest BCUT2D eigenvalue weighted by Crippen LogP contribution is -2.15. The number of hydrogen-bond donors (Lipinski definition) is 0. The second kappa shape index (κ2) is 12.6. The van der Waals surface area contributed by atoms with E-state index in [2.05, 4.69) is 193 Å². The average Bonchev–Trinajstić information content (AvgIpc) is 3.62. The van der Waals surface area contributed by atoms with Gasteiger partial charge in [0, 0.05) is 38.5 Å². The number of benzene rings is 8. The highest BCUT2D eigenvalue weighted by Crippen LogP contribution is 2.48. The summed E-state index contributed by atoms with van der Waals surface area (Å²) in [5.41, 5.74) is 14.9. The minimum atomic E-state index is 0.907. The average molecular weight is 666 g/mol. The van der Waals surface area contributed by atoms with Gasteiger partial charge in [0.15, 0.2) is 0 Å². The molecule has 0 saturated carbocycles. The molecule has 2 heteroatoms. The molecule has 0 radical (unpaired) electrons. The lowest BCUT2D eigenvalue weighted by Gasteiger charge is -2.32. The summed E-state index contributed by atoms with van der Waals surface area (Å²) < 4.78 is 6.90. The van der Waals surface area contributed by atoms with Crippen LogP contribution in [0.3, 0.4) is 0 Å². The Morgan fingerprint density at radius 3 is 1.88 bits per heavy atom. The first-order valence-electron chi connectivity index (χ1n) is 18.1. The molecule has 9 aromatic rings. The summed E-state index contributed by atoms with van der Waals surface area (Å²) in [5, 5.41) is 4.57. The van der Waals surface area contributed by atoms with Gasteiger partial charge in [0.25, 0.3) is 0 Å². The first kappa shape index (κ1) is 30.2. The molecule has 1 heterocycles. The summed E-state index contributed by atoms with van der Waals surface area (Å²) in [5.74, 6) is 0. The van der Waals surface area contributed by atoms with Crippen molar-refractivity contribution in [2.75, 3.05) is 4.90 Å². The minimum Gasteiger partial charge on any atom is -0.455 e. The molecule has 0 amide bonds. The molecule has 0 spiro atoms. The number of hydrogen-bond acceptors (Lipinski definition) is 2. The lowest BCUT2D eigenvalue weighted by atomic mass is 9.92. The molecule has 0 saturated heterocycles. The van der Waals surface area contributed by atoms with E-state index in [1.807, 2.05) is 0 Å². The molecule has 52 heavy (non-hydrogen) atoms. The zero-order valence-corrected chi connectivity index (χ0v) is 28.7. The molecule has 1 aromatic heterocycles. The third-order valence-electron chi connectivity index (χ3n) is 10.6. The summed E-state index contributed by atoms with van der Waals surface area (Å²) in [7, 11) is 0. The van der Waals surface area contributed by atoms with E-state index in [0.717, 1.165) is 62.7 Å². The fourth-order valence-corrected chi connectivity index (χ4v) is 8.08. The van der Waals surface area contributed by atoms with Crippen molar-refractivity contribution in [3.63, 3.8) is 0 Å². The maximum atomic E-state index is 6.90. The maximum absolute atomic E-state index is 6.90. The van der Waals surface area contributed by atoms with Gasteiger partial charge >= 0.3 is 0 Å². The van der Waals surface area contributed by atoms with E-state index in [1.165, 1.54) is 44.5 Å². The lowest BCUT2D eigenvalue weighted by molar-refractivity contribution is 0.674. The summed E-state index contributed by atoms with van der Waals surface area (Å²) in [4.78, 5) is 2.49. The van der Waals surface area contributed by atoms with Crippen molar-refractivity contribution in [2.24, 2.45) is 0 Å². The minimum absolute atomic E-state index is 0.907. The molecule has 0 bridgehead atoms. The highest BCUT2D eigenvalue weighted by atomic mass is 16.3. The van der Waals surface area contributed by atoms with Gasteiger partial charge in [-0.15, -0.1) is 0 Å². The van der Waals surface area contributed by atoms with Gasteiger partial charge in [0.1, 0.15) is 11.2 Å². The smallest absolute Gasteiger partial charge is 0.143 e. The van der Waals surface area contributed by atoms with E-state index in [1.54, 1.807) is 0 Å². The van der Waals surface area contributed by atoms with Crippen molar-refractivity contribution in [1.29, 1.82) is 0 Å². The first-order chi connectivity index (χ1) is 25.8. The largest absolute Gasteiger partial charge is 0.455 e. The van der Waals surface area contributed by atoms with Crippen LogP contribution in [0.2, 0.25) is 0 Å². The van der Waals surface area contributed by atoms with Crippen LogP contribution in [0.15, 0.2) is 186 Å².